The molecule has 2 rings (SSSR count). The van der Waals surface area contributed by atoms with Gasteiger partial charge in [-0.2, -0.15) is 0 Å². The predicted octanol–water partition coefficient (Wildman–Crippen LogP) is 0.935. The van der Waals surface area contributed by atoms with Gasteiger partial charge in [0.05, 0.1) is 12.7 Å². The number of phenols is 1. The molecule has 0 saturated heterocycles. The molecule has 1 aromatic carbocycles. The summed E-state index contributed by atoms with van der Waals surface area (Å²) in [6.07, 6.45) is -0.563. The summed E-state index contributed by atoms with van der Waals surface area (Å²) in [4.78, 5) is 10.4. The number of hydrogen-bond donors (Lipinski definition) is 2. The zero-order valence-electron chi connectivity index (χ0n) is 9.17. The summed E-state index contributed by atoms with van der Waals surface area (Å²) in [5, 5.41) is 18.3. The topological polar surface area (TPSA) is 85.2 Å². The van der Waals surface area contributed by atoms with E-state index in [0.29, 0.717) is 17.1 Å². The Bertz CT molecular complexity index is 442. The molecule has 0 amide bonds. The van der Waals surface area contributed by atoms with Crippen LogP contribution < -0.4 is 9.47 Å². The van der Waals surface area contributed by atoms with Gasteiger partial charge in [-0.1, -0.05) is 0 Å². The molecular weight excluding hydrogens is 228 g/mol. The standard InChI is InChI=1S/C11H12O6/c1-15-6-2-7(12)11-8(3-6)16-4-9(11)17-5-10(13)14/h2-3,9,12H,4-5H2,1H3,(H,13,14). The van der Waals surface area contributed by atoms with Gasteiger partial charge in [0.25, 0.3) is 0 Å². The second kappa shape index (κ2) is 4.50. The van der Waals surface area contributed by atoms with Gasteiger partial charge in [0, 0.05) is 12.1 Å². The van der Waals surface area contributed by atoms with E-state index >= 15 is 0 Å². The lowest BCUT2D eigenvalue weighted by Gasteiger charge is -2.10. The van der Waals surface area contributed by atoms with Crippen molar-refractivity contribution in [2.24, 2.45) is 0 Å². The van der Waals surface area contributed by atoms with Crippen LogP contribution in [0.15, 0.2) is 12.1 Å². The van der Waals surface area contributed by atoms with Crippen LogP contribution in [0.25, 0.3) is 0 Å². The molecule has 0 saturated carbocycles. The smallest absolute Gasteiger partial charge is 0.329 e. The predicted molar refractivity (Wildman–Crippen MR) is 56.5 cm³/mol. The highest BCUT2D eigenvalue weighted by Crippen LogP contribution is 2.43. The quantitative estimate of drug-likeness (QED) is 0.814. The molecule has 0 fully saturated rings. The fraction of sp³-hybridized carbons (Fsp3) is 0.364. The molecule has 1 aliphatic rings. The van der Waals surface area contributed by atoms with Gasteiger partial charge in [-0.05, 0) is 0 Å². The first-order valence-electron chi connectivity index (χ1n) is 4.99. The van der Waals surface area contributed by atoms with Gasteiger partial charge in [0.2, 0.25) is 0 Å². The van der Waals surface area contributed by atoms with Gasteiger partial charge in [0.15, 0.2) is 0 Å². The van der Waals surface area contributed by atoms with Gasteiger partial charge >= 0.3 is 5.97 Å². The first kappa shape index (κ1) is 11.5. The summed E-state index contributed by atoms with van der Waals surface area (Å²) >= 11 is 0. The second-order valence-corrected chi connectivity index (χ2v) is 3.56. The van der Waals surface area contributed by atoms with Crippen LogP contribution in [-0.4, -0.2) is 36.5 Å². The van der Waals surface area contributed by atoms with E-state index < -0.39 is 18.7 Å². The summed E-state index contributed by atoms with van der Waals surface area (Å²) in [5.74, 6) is -0.156. The zero-order valence-corrected chi connectivity index (χ0v) is 9.17. The molecule has 2 N–H and O–H groups in total. The Morgan fingerprint density at radius 2 is 2.35 bits per heavy atom. The van der Waals surface area contributed by atoms with Crippen LogP contribution in [0.4, 0.5) is 0 Å². The summed E-state index contributed by atoms with van der Waals surface area (Å²) < 4.78 is 15.4. The Labute approximate surface area is 97.3 Å². The number of ether oxygens (including phenoxy) is 3. The number of benzene rings is 1. The van der Waals surface area contributed by atoms with Crippen molar-refractivity contribution in [1.82, 2.24) is 0 Å². The number of fused-ring (bicyclic) bond motifs is 1. The van der Waals surface area contributed by atoms with E-state index in [-0.39, 0.29) is 12.4 Å². The third-order valence-corrected chi connectivity index (χ3v) is 2.45. The molecule has 6 nitrogen and oxygen atoms in total. The molecule has 1 atom stereocenters. The summed E-state index contributed by atoms with van der Waals surface area (Å²) in [5.41, 5.74) is 0.465. The number of carboxylic acids is 1. The van der Waals surface area contributed by atoms with E-state index in [1.807, 2.05) is 0 Å². The van der Waals surface area contributed by atoms with Crippen LogP contribution in [0.5, 0.6) is 17.2 Å². The number of carbonyl (C=O) groups is 1. The minimum Gasteiger partial charge on any atom is -0.507 e. The molecule has 0 radical (unpaired) electrons. The van der Waals surface area contributed by atoms with Crippen molar-refractivity contribution < 1.29 is 29.2 Å². The van der Waals surface area contributed by atoms with Gasteiger partial charge in [0.1, 0.15) is 36.6 Å². The number of phenolic OH excluding ortho intramolecular Hbond substituents is 1. The van der Waals surface area contributed by atoms with Gasteiger partial charge in [-0.15, -0.1) is 0 Å². The number of hydrogen-bond acceptors (Lipinski definition) is 5. The zero-order chi connectivity index (χ0) is 12.4. The van der Waals surface area contributed by atoms with Crippen molar-refractivity contribution in [2.45, 2.75) is 6.10 Å². The third kappa shape index (κ3) is 2.26. The number of aromatic hydroxyl groups is 1. The van der Waals surface area contributed by atoms with Crippen molar-refractivity contribution in [1.29, 1.82) is 0 Å². The van der Waals surface area contributed by atoms with Gasteiger partial charge in [-0.25, -0.2) is 4.79 Å². The highest BCUT2D eigenvalue weighted by molar-refractivity contribution is 5.68. The van der Waals surface area contributed by atoms with Crippen molar-refractivity contribution in [3.63, 3.8) is 0 Å². The van der Waals surface area contributed by atoms with Crippen LogP contribution in [0.2, 0.25) is 0 Å². The number of carboxylic acid groups (broad SMARTS) is 1. The summed E-state index contributed by atoms with van der Waals surface area (Å²) in [7, 11) is 1.48. The highest BCUT2D eigenvalue weighted by atomic mass is 16.6. The van der Waals surface area contributed by atoms with Crippen LogP contribution >= 0.6 is 0 Å². The molecule has 0 aromatic heterocycles. The summed E-state index contributed by atoms with van der Waals surface area (Å²) in [6, 6.07) is 3.06. The highest BCUT2D eigenvalue weighted by Gasteiger charge is 2.29. The van der Waals surface area contributed by atoms with Crippen molar-refractivity contribution >= 4 is 5.97 Å². The van der Waals surface area contributed by atoms with E-state index in [1.54, 1.807) is 6.07 Å². The number of methoxy groups -OCH3 is 1. The molecule has 1 heterocycles. The minimum atomic E-state index is -1.06. The largest absolute Gasteiger partial charge is 0.507 e. The van der Waals surface area contributed by atoms with Crippen molar-refractivity contribution in [2.75, 3.05) is 20.3 Å². The van der Waals surface area contributed by atoms with Crippen LogP contribution in [0.1, 0.15) is 11.7 Å². The lowest BCUT2D eigenvalue weighted by molar-refractivity contribution is -0.144. The van der Waals surface area contributed by atoms with E-state index in [1.165, 1.54) is 13.2 Å². The monoisotopic (exact) mass is 240 g/mol. The fourth-order valence-corrected chi connectivity index (χ4v) is 1.70. The Morgan fingerprint density at radius 1 is 1.59 bits per heavy atom. The molecular formula is C11H12O6. The van der Waals surface area contributed by atoms with Crippen LogP contribution in [0, 0.1) is 0 Å². The molecule has 1 unspecified atom stereocenters. The van der Waals surface area contributed by atoms with Gasteiger partial charge in [-0.3, -0.25) is 0 Å². The maximum atomic E-state index is 10.4. The number of rotatable bonds is 4. The Hall–Kier alpha value is -1.95. The lowest BCUT2D eigenvalue weighted by atomic mass is 10.1. The fourth-order valence-electron chi connectivity index (χ4n) is 1.70. The maximum absolute atomic E-state index is 10.4. The SMILES string of the molecule is COc1cc(O)c2c(c1)OCC2OCC(=O)O. The first-order chi connectivity index (χ1) is 8.11. The third-order valence-electron chi connectivity index (χ3n) is 2.45. The summed E-state index contributed by atoms with van der Waals surface area (Å²) in [6.45, 7) is -0.248. The van der Waals surface area contributed by atoms with E-state index in [2.05, 4.69) is 0 Å². The molecule has 17 heavy (non-hydrogen) atoms. The Kier molecular flexibility index (Phi) is 3.06. The molecule has 1 aliphatic heterocycles. The van der Waals surface area contributed by atoms with Crippen LogP contribution in [0.3, 0.4) is 0 Å². The average Bonchev–Trinajstić information content (AvgIpc) is 2.69. The van der Waals surface area contributed by atoms with Gasteiger partial charge < -0.3 is 24.4 Å². The molecule has 0 bridgehead atoms. The van der Waals surface area contributed by atoms with Crippen molar-refractivity contribution in [3.8, 4) is 17.2 Å². The van der Waals surface area contributed by atoms with E-state index in [9.17, 15) is 9.90 Å². The Balaban J connectivity index is 2.22. The molecule has 1 aromatic rings. The Morgan fingerprint density at radius 3 is 3.00 bits per heavy atom. The minimum absolute atomic E-state index is 0.0211. The average molecular weight is 240 g/mol. The number of aliphatic carboxylic acids is 1. The molecule has 6 heteroatoms. The van der Waals surface area contributed by atoms with E-state index in [4.69, 9.17) is 19.3 Å². The van der Waals surface area contributed by atoms with E-state index in [0.717, 1.165) is 0 Å². The first-order valence-corrected chi connectivity index (χ1v) is 4.99. The van der Waals surface area contributed by atoms with Crippen LogP contribution in [-0.2, 0) is 9.53 Å². The maximum Gasteiger partial charge on any atom is 0.329 e. The second-order valence-electron chi connectivity index (χ2n) is 3.56. The molecule has 92 valence electrons. The normalized spacial score (nSPS) is 17.4. The molecule has 0 spiro atoms. The molecule has 0 aliphatic carbocycles. The lowest BCUT2D eigenvalue weighted by Crippen LogP contribution is -2.13. The van der Waals surface area contributed by atoms with Crippen molar-refractivity contribution in [3.05, 3.63) is 17.7 Å².